The summed E-state index contributed by atoms with van der Waals surface area (Å²) in [5.41, 5.74) is 1.60. The molecule has 1 amide bonds. The minimum atomic E-state index is -0.999. The SMILES string of the molecule is C[C@H](OC(=O)/C=C/c1ccc(F)cc1)C(=O)Nc1ccc(C#N)cc1. The molecule has 1 N–H and O–H groups in total. The molecule has 2 rings (SSSR count). The number of nitrogens with one attached hydrogen (secondary N) is 1. The molecule has 0 heterocycles. The molecule has 0 aromatic heterocycles. The Bertz CT molecular complexity index is 821. The number of anilines is 1. The zero-order chi connectivity index (χ0) is 18.2. The third-order valence-corrected chi connectivity index (χ3v) is 3.23. The summed E-state index contributed by atoms with van der Waals surface area (Å²) in [6.45, 7) is 1.45. The number of ether oxygens (including phenoxy) is 1. The lowest BCUT2D eigenvalue weighted by molar-refractivity contribution is -0.148. The Morgan fingerprint density at radius 3 is 2.40 bits per heavy atom. The van der Waals surface area contributed by atoms with Crippen molar-refractivity contribution >= 4 is 23.6 Å². The van der Waals surface area contributed by atoms with Crippen LogP contribution in [0.4, 0.5) is 10.1 Å². The molecule has 0 fully saturated rings. The van der Waals surface area contributed by atoms with E-state index in [1.165, 1.54) is 43.3 Å². The second-order valence-electron chi connectivity index (χ2n) is 5.14. The largest absolute Gasteiger partial charge is 0.449 e. The third-order valence-electron chi connectivity index (χ3n) is 3.23. The lowest BCUT2D eigenvalue weighted by Gasteiger charge is -2.12. The fourth-order valence-corrected chi connectivity index (χ4v) is 1.88. The van der Waals surface area contributed by atoms with Crippen molar-refractivity contribution in [2.75, 3.05) is 5.32 Å². The van der Waals surface area contributed by atoms with Crippen molar-refractivity contribution in [2.24, 2.45) is 0 Å². The molecule has 0 saturated heterocycles. The number of rotatable bonds is 5. The normalized spacial score (nSPS) is 11.6. The summed E-state index contributed by atoms with van der Waals surface area (Å²) in [6, 6.07) is 13.9. The predicted molar refractivity (Wildman–Crippen MR) is 90.8 cm³/mol. The maximum atomic E-state index is 12.8. The Balaban J connectivity index is 1.87. The van der Waals surface area contributed by atoms with Gasteiger partial charge in [-0.25, -0.2) is 9.18 Å². The predicted octanol–water partition coefficient (Wildman–Crippen LogP) is 3.28. The summed E-state index contributed by atoms with van der Waals surface area (Å²) in [6.07, 6.45) is 1.63. The van der Waals surface area contributed by atoms with E-state index in [9.17, 15) is 14.0 Å². The van der Waals surface area contributed by atoms with Crippen molar-refractivity contribution in [3.63, 3.8) is 0 Å². The fourth-order valence-electron chi connectivity index (χ4n) is 1.88. The Hall–Kier alpha value is -3.46. The van der Waals surface area contributed by atoms with E-state index in [0.717, 1.165) is 0 Å². The maximum absolute atomic E-state index is 12.8. The van der Waals surface area contributed by atoms with Gasteiger partial charge in [-0.15, -0.1) is 0 Å². The summed E-state index contributed by atoms with van der Waals surface area (Å²) < 4.78 is 17.8. The van der Waals surface area contributed by atoms with E-state index in [-0.39, 0.29) is 5.82 Å². The Kier molecular flexibility index (Phi) is 6.02. The van der Waals surface area contributed by atoms with Gasteiger partial charge in [0, 0.05) is 11.8 Å². The van der Waals surface area contributed by atoms with Gasteiger partial charge in [-0.05, 0) is 55.0 Å². The number of nitriles is 1. The first kappa shape index (κ1) is 17.9. The minimum Gasteiger partial charge on any atom is -0.449 e. The van der Waals surface area contributed by atoms with E-state index < -0.39 is 18.0 Å². The van der Waals surface area contributed by atoms with Crippen LogP contribution in [0.1, 0.15) is 18.1 Å². The molecule has 0 aliphatic rings. The standard InChI is InChI=1S/C19H15FN2O3/c1-13(19(24)22-17-9-4-15(12-21)5-10-17)25-18(23)11-6-14-2-7-16(20)8-3-14/h2-11,13H,1H3,(H,22,24)/b11-6+/t13-/m0/s1. The molecule has 126 valence electrons. The van der Waals surface area contributed by atoms with Crippen LogP contribution in [0.2, 0.25) is 0 Å². The molecular weight excluding hydrogens is 323 g/mol. The second-order valence-corrected chi connectivity index (χ2v) is 5.14. The number of carbonyl (C=O) groups excluding carboxylic acids is 2. The van der Waals surface area contributed by atoms with Crippen molar-refractivity contribution in [1.82, 2.24) is 0 Å². The van der Waals surface area contributed by atoms with Gasteiger partial charge in [0.15, 0.2) is 6.10 Å². The Morgan fingerprint density at radius 2 is 1.80 bits per heavy atom. The summed E-state index contributed by atoms with van der Waals surface area (Å²) >= 11 is 0. The second kappa shape index (κ2) is 8.41. The topological polar surface area (TPSA) is 79.2 Å². The number of hydrogen-bond donors (Lipinski definition) is 1. The lowest BCUT2D eigenvalue weighted by Crippen LogP contribution is -2.29. The molecule has 6 heteroatoms. The van der Waals surface area contributed by atoms with E-state index in [1.807, 2.05) is 6.07 Å². The highest BCUT2D eigenvalue weighted by atomic mass is 19.1. The first-order chi connectivity index (χ1) is 12.0. The summed E-state index contributed by atoms with van der Waals surface area (Å²) in [7, 11) is 0. The van der Waals surface area contributed by atoms with Crippen molar-refractivity contribution in [2.45, 2.75) is 13.0 Å². The Labute approximate surface area is 144 Å². The highest BCUT2D eigenvalue weighted by Crippen LogP contribution is 2.10. The molecule has 25 heavy (non-hydrogen) atoms. The molecule has 5 nitrogen and oxygen atoms in total. The van der Waals surface area contributed by atoms with Crippen LogP contribution in [0.5, 0.6) is 0 Å². The quantitative estimate of drug-likeness (QED) is 0.670. The van der Waals surface area contributed by atoms with Crippen molar-refractivity contribution < 1.29 is 18.7 Å². The van der Waals surface area contributed by atoms with E-state index in [4.69, 9.17) is 10.00 Å². The average molecular weight is 338 g/mol. The molecule has 0 spiro atoms. The van der Waals surface area contributed by atoms with Gasteiger partial charge in [0.25, 0.3) is 5.91 Å². The fraction of sp³-hybridized carbons (Fsp3) is 0.105. The number of halogens is 1. The van der Waals surface area contributed by atoms with Gasteiger partial charge in [0.2, 0.25) is 0 Å². The number of amides is 1. The van der Waals surface area contributed by atoms with Crippen LogP contribution in [0, 0.1) is 17.1 Å². The minimum absolute atomic E-state index is 0.368. The van der Waals surface area contributed by atoms with Gasteiger partial charge >= 0.3 is 5.97 Å². The van der Waals surface area contributed by atoms with Crippen molar-refractivity contribution in [3.05, 3.63) is 71.6 Å². The zero-order valence-corrected chi connectivity index (χ0v) is 13.4. The van der Waals surface area contributed by atoms with E-state index in [1.54, 1.807) is 24.3 Å². The lowest BCUT2D eigenvalue weighted by atomic mass is 10.2. The third kappa shape index (κ3) is 5.59. The average Bonchev–Trinajstić information content (AvgIpc) is 2.61. The summed E-state index contributed by atoms with van der Waals surface area (Å²) in [4.78, 5) is 23.7. The molecule has 0 unspecified atom stereocenters. The summed E-state index contributed by atoms with van der Waals surface area (Å²) in [5.74, 6) is -1.55. The van der Waals surface area contributed by atoms with Crippen LogP contribution in [-0.2, 0) is 14.3 Å². The van der Waals surface area contributed by atoms with Gasteiger partial charge in [-0.2, -0.15) is 5.26 Å². The first-order valence-corrected chi connectivity index (χ1v) is 7.43. The van der Waals surface area contributed by atoms with E-state index >= 15 is 0 Å². The van der Waals surface area contributed by atoms with Crippen LogP contribution in [0.3, 0.4) is 0 Å². The van der Waals surface area contributed by atoms with Gasteiger partial charge in [-0.1, -0.05) is 12.1 Å². The number of esters is 1. The smallest absolute Gasteiger partial charge is 0.331 e. The van der Waals surface area contributed by atoms with Crippen molar-refractivity contribution in [1.29, 1.82) is 5.26 Å². The number of carbonyl (C=O) groups is 2. The van der Waals surface area contributed by atoms with Crippen LogP contribution >= 0.6 is 0 Å². The van der Waals surface area contributed by atoms with E-state index in [0.29, 0.717) is 16.8 Å². The molecule has 1 atom stereocenters. The molecule has 0 aliphatic heterocycles. The van der Waals surface area contributed by atoms with Crippen molar-refractivity contribution in [3.8, 4) is 6.07 Å². The van der Waals surface area contributed by atoms with Gasteiger partial charge in [0.1, 0.15) is 5.82 Å². The van der Waals surface area contributed by atoms with E-state index in [2.05, 4.69) is 5.32 Å². The monoisotopic (exact) mass is 338 g/mol. The zero-order valence-electron chi connectivity index (χ0n) is 13.4. The molecule has 0 bridgehead atoms. The number of benzene rings is 2. The van der Waals surface area contributed by atoms with Crippen LogP contribution in [0.15, 0.2) is 54.6 Å². The highest BCUT2D eigenvalue weighted by molar-refractivity contribution is 5.96. The van der Waals surface area contributed by atoms with Gasteiger partial charge in [-0.3, -0.25) is 4.79 Å². The molecule has 0 aliphatic carbocycles. The molecule has 2 aromatic carbocycles. The van der Waals surface area contributed by atoms with Crippen LogP contribution in [0.25, 0.3) is 6.08 Å². The number of nitrogens with zero attached hydrogens (tertiary/aromatic N) is 1. The summed E-state index contributed by atoms with van der Waals surface area (Å²) in [5, 5.41) is 11.3. The van der Waals surface area contributed by atoms with Crippen LogP contribution in [-0.4, -0.2) is 18.0 Å². The number of hydrogen-bond acceptors (Lipinski definition) is 4. The maximum Gasteiger partial charge on any atom is 0.331 e. The Morgan fingerprint density at radius 1 is 1.16 bits per heavy atom. The van der Waals surface area contributed by atoms with Gasteiger partial charge < -0.3 is 10.1 Å². The molecule has 0 saturated carbocycles. The van der Waals surface area contributed by atoms with Gasteiger partial charge in [0.05, 0.1) is 11.6 Å². The first-order valence-electron chi connectivity index (χ1n) is 7.43. The molecule has 0 radical (unpaired) electrons. The molecule has 2 aromatic rings. The highest BCUT2D eigenvalue weighted by Gasteiger charge is 2.16. The van der Waals surface area contributed by atoms with Crippen LogP contribution < -0.4 is 5.32 Å². The molecular formula is C19H15FN2O3.